The smallest absolute Gasteiger partial charge is 0.323 e. The normalized spacial score (nSPS) is 12.0. The van der Waals surface area contributed by atoms with E-state index < -0.39 is 0 Å². The highest BCUT2D eigenvalue weighted by Gasteiger charge is 2.20. The standard InChI is InChI=1S/C19H29NO4/c1-15(2)13-17(20-12-8-7-11-18(21)23-3)19(22)24-14-16-9-5-4-6-10-16/h4-6,9-10,15,17,20H,7-8,11-14H2,1-3H3/t17-/m0/s1. The Hall–Kier alpha value is -1.88. The number of hydrogen-bond donors (Lipinski definition) is 1. The van der Waals surface area contributed by atoms with Gasteiger partial charge in [-0.05, 0) is 37.3 Å². The number of unbranched alkanes of at least 4 members (excludes halogenated alkanes) is 1. The van der Waals surface area contributed by atoms with Gasteiger partial charge < -0.3 is 14.8 Å². The summed E-state index contributed by atoms with van der Waals surface area (Å²) in [7, 11) is 1.39. The van der Waals surface area contributed by atoms with Crippen molar-refractivity contribution in [3.05, 3.63) is 35.9 Å². The van der Waals surface area contributed by atoms with Crippen LogP contribution in [-0.2, 0) is 25.7 Å². The van der Waals surface area contributed by atoms with Gasteiger partial charge in [0.25, 0.3) is 0 Å². The van der Waals surface area contributed by atoms with Crippen LogP contribution < -0.4 is 5.32 Å². The summed E-state index contributed by atoms with van der Waals surface area (Å²) in [6.07, 6.45) is 2.69. The minimum atomic E-state index is -0.313. The molecule has 0 aliphatic rings. The first-order valence-corrected chi connectivity index (χ1v) is 8.53. The summed E-state index contributed by atoms with van der Waals surface area (Å²) in [5.74, 6) is -0.0293. The molecule has 0 saturated carbocycles. The van der Waals surface area contributed by atoms with Crippen molar-refractivity contribution in [2.75, 3.05) is 13.7 Å². The van der Waals surface area contributed by atoms with Gasteiger partial charge in [-0.15, -0.1) is 0 Å². The molecule has 1 aromatic carbocycles. The van der Waals surface area contributed by atoms with Gasteiger partial charge in [-0.25, -0.2) is 0 Å². The van der Waals surface area contributed by atoms with Gasteiger partial charge in [0, 0.05) is 6.42 Å². The molecule has 0 aliphatic carbocycles. The quantitative estimate of drug-likeness (QED) is 0.497. The maximum Gasteiger partial charge on any atom is 0.323 e. The van der Waals surface area contributed by atoms with E-state index in [2.05, 4.69) is 23.9 Å². The number of hydrogen-bond acceptors (Lipinski definition) is 5. The highest BCUT2D eigenvalue weighted by atomic mass is 16.5. The van der Waals surface area contributed by atoms with Crippen molar-refractivity contribution in [1.82, 2.24) is 5.32 Å². The Morgan fingerprint density at radius 1 is 1.12 bits per heavy atom. The Morgan fingerprint density at radius 3 is 2.46 bits per heavy atom. The van der Waals surface area contributed by atoms with Crippen LogP contribution in [0.1, 0.15) is 45.1 Å². The molecule has 0 bridgehead atoms. The number of benzene rings is 1. The summed E-state index contributed by atoms with van der Waals surface area (Å²) in [5, 5.41) is 3.25. The minimum Gasteiger partial charge on any atom is -0.469 e. The Kier molecular flexibility index (Phi) is 9.77. The second-order valence-corrected chi connectivity index (χ2v) is 6.26. The van der Waals surface area contributed by atoms with Gasteiger partial charge in [-0.1, -0.05) is 44.2 Å². The number of carbonyl (C=O) groups excluding carboxylic acids is 2. The van der Waals surface area contributed by atoms with Gasteiger partial charge in [0.05, 0.1) is 7.11 Å². The van der Waals surface area contributed by atoms with E-state index in [1.165, 1.54) is 7.11 Å². The van der Waals surface area contributed by atoms with Crippen LogP contribution in [0.25, 0.3) is 0 Å². The van der Waals surface area contributed by atoms with E-state index in [-0.39, 0.29) is 24.6 Å². The Labute approximate surface area is 144 Å². The van der Waals surface area contributed by atoms with Gasteiger partial charge in [0.2, 0.25) is 0 Å². The molecule has 24 heavy (non-hydrogen) atoms. The molecule has 1 N–H and O–H groups in total. The van der Waals surface area contributed by atoms with Crippen LogP contribution in [0.15, 0.2) is 30.3 Å². The average molecular weight is 335 g/mol. The van der Waals surface area contributed by atoms with E-state index in [0.717, 1.165) is 24.8 Å². The average Bonchev–Trinajstić information content (AvgIpc) is 2.58. The molecule has 0 aliphatic heterocycles. The van der Waals surface area contributed by atoms with Crippen molar-refractivity contribution in [1.29, 1.82) is 0 Å². The zero-order chi connectivity index (χ0) is 17.8. The van der Waals surface area contributed by atoms with E-state index in [9.17, 15) is 9.59 Å². The van der Waals surface area contributed by atoms with Crippen molar-refractivity contribution in [2.45, 2.75) is 52.2 Å². The molecule has 0 saturated heterocycles. The van der Waals surface area contributed by atoms with Crippen LogP contribution in [0.2, 0.25) is 0 Å². The van der Waals surface area contributed by atoms with Crippen LogP contribution in [0, 0.1) is 5.92 Å². The Bertz CT molecular complexity index is 487. The molecule has 0 fully saturated rings. The molecule has 134 valence electrons. The zero-order valence-corrected chi connectivity index (χ0v) is 14.9. The second-order valence-electron chi connectivity index (χ2n) is 6.26. The maximum atomic E-state index is 12.3. The highest BCUT2D eigenvalue weighted by Crippen LogP contribution is 2.09. The van der Waals surface area contributed by atoms with Gasteiger partial charge in [0.1, 0.15) is 12.6 Å². The first-order chi connectivity index (χ1) is 11.5. The van der Waals surface area contributed by atoms with Gasteiger partial charge in [-0.3, -0.25) is 9.59 Å². The monoisotopic (exact) mass is 335 g/mol. The summed E-state index contributed by atoms with van der Waals surface area (Å²) in [6.45, 7) is 5.12. The van der Waals surface area contributed by atoms with E-state index in [4.69, 9.17) is 4.74 Å². The number of esters is 2. The first-order valence-electron chi connectivity index (χ1n) is 8.53. The molecule has 0 amide bonds. The number of nitrogens with one attached hydrogen (secondary N) is 1. The van der Waals surface area contributed by atoms with Crippen molar-refractivity contribution in [3.63, 3.8) is 0 Å². The molecule has 0 spiro atoms. The zero-order valence-electron chi connectivity index (χ0n) is 14.9. The predicted molar refractivity (Wildman–Crippen MR) is 93.4 cm³/mol. The number of ether oxygens (including phenoxy) is 2. The fraction of sp³-hybridized carbons (Fsp3) is 0.579. The lowest BCUT2D eigenvalue weighted by Crippen LogP contribution is -2.39. The summed E-state index contributed by atoms with van der Waals surface area (Å²) in [4.78, 5) is 23.4. The molecule has 0 aromatic heterocycles. The molecule has 0 unspecified atom stereocenters. The number of rotatable bonds is 11. The first kappa shape index (κ1) is 20.2. The van der Waals surface area contributed by atoms with Crippen LogP contribution in [-0.4, -0.2) is 31.6 Å². The summed E-state index contributed by atoms with van der Waals surface area (Å²) in [5.41, 5.74) is 0.979. The molecular weight excluding hydrogens is 306 g/mol. The molecule has 0 heterocycles. The van der Waals surface area contributed by atoms with Gasteiger partial charge in [0.15, 0.2) is 0 Å². The summed E-state index contributed by atoms with van der Waals surface area (Å²) < 4.78 is 10.0. The maximum absolute atomic E-state index is 12.3. The summed E-state index contributed by atoms with van der Waals surface area (Å²) in [6, 6.07) is 9.34. The SMILES string of the molecule is COC(=O)CCCCN[C@@H](CC(C)C)C(=O)OCc1ccccc1. The fourth-order valence-electron chi connectivity index (χ4n) is 2.34. The van der Waals surface area contributed by atoms with E-state index in [1.54, 1.807) is 0 Å². The molecule has 5 heteroatoms. The van der Waals surface area contributed by atoms with E-state index in [0.29, 0.717) is 18.9 Å². The van der Waals surface area contributed by atoms with Crippen molar-refractivity contribution < 1.29 is 19.1 Å². The van der Waals surface area contributed by atoms with Gasteiger partial charge >= 0.3 is 11.9 Å². The molecule has 5 nitrogen and oxygen atoms in total. The molecule has 1 rings (SSSR count). The molecule has 1 aromatic rings. The fourth-order valence-corrected chi connectivity index (χ4v) is 2.34. The van der Waals surface area contributed by atoms with Crippen LogP contribution in [0.4, 0.5) is 0 Å². The third kappa shape index (κ3) is 8.67. The van der Waals surface area contributed by atoms with Gasteiger partial charge in [-0.2, -0.15) is 0 Å². The van der Waals surface area contributed by atoms with Crippen LogP contribution in [0.5, 0.6) is 0 Å². The third-order valence-corrected chi connectivity index (χ3v) is 3.64. The van der Waals surface area contributed by atoms with Crippen molar-refractivity contribution >= 4 is 11.9 Å². The minimum absolute atomic E-state index is 0.198. The number of carbonyl (C=O) groups is 2. The lowest BCUT2D eigenvalue weighted by Gasteiger charge is -2.19. The lowest BCUT2D eigenvalue weighted by molar-refractivity contribution is -0.148. The molecule has 0 radical (unpaired) electrons. The van der Waals surface area contributed by atoms with E-state index >= 15 is 0 Å². The highest BCUT2D eigenvalue weighted by molar-refractivity contribution is 5.75. The summed E-state index contributed by atoms with van der Waals surface area (Å²) >= 11 is 0. The Balaban J connectivity index is 2.37. The largest absolute Gasteiger partial charge is 0.469 e. The van der Waals surface area contributed by atoms with Crippen LogP contribution in [0.3, 0.4) is 0 Å². The Morgan fingerprint density at radius 2 is 1.83 bits per heavy atom. The second kappa shape index (κ2) is 11.6. The predicted octanol–water partition coefficient (Wildman–Crippen LogP) is 3.08. The van der Waals surface area contributed by atoms with Crippen molar-refractivity contribution in [3.8, 4) is 0 Å². The van der Waals surface area contributed by atoms with E-state index in [1.807, 2.05) is 30.3 Å². The third-order valence-electron chi connectivity index (χ3n) is 3.64. The molecular formula is C19H29NO4. The molecule has 1 atom stereocenters. The van der Waals surface area contributed by atoms with Crippen molar-refractivity contribution in [2.24, 2.45) is 5.92 Å². The van der Waals surface area contributed by atoms with Crippen LogP contribution >= 0.6 is 0 Å². The number of methoxy groups -OCH3 is 1. The lowest BCUT2D eigenvalue weighted by atomic mass is 10.0. The topological polar surface area (TPSA) is 64.6 Å².